The highest BCUT2D eigenvalue weighted by molar-refractivity contribution is 7.47. The van der Waals surface area contributed by atoms with E-state index in [1.807, 2.05) is 12.2 Å². The van der Waals surface area contributed by atoms with Gasteiger partial charge >= 0.3 is 39.5 Å². The van der Waals surface area contributed by atoms with Gasteiger partial charge in [-0.05, 0) is 141 Å². The van der Waals surface area contributed by atoms with Crippen LogP contribution >= 0.6 is 15.6 Å². The summed E-state index contributed by atoms with van der Waals surface area (Å²) >= 11 is 0. The topological polar surface area (TPSA) is 237 Å². The molecule has 0 spiro atoms. The number of unbranched alkanes of at least 4 members (excludes halogenated alkanes) is 35. The summed E-state index contributed by atoms with van der Waals surface area (Å²) in [7, 11) is -9.97. The fraction of sp³-hybridized carbons (Fsp3) is 0.778. The Labute approximate surface area is 608 Å². The van der Waals surface area contributed by atoms with Gasteiger partial charge in [-0.15, -0.1) is 0 Å². The van der Waals surface area contributed by atoms with Gasteiger partial charge < -0.3 is 33.8 Å². The molecule has 0 radical (unpaired) electrons. The summed E-state index contributed by atoms with van der Waals surface area (Å²) in [4.78, 5) is 72.9. The summed E-state index contributed by atoms with van der Waals surface area (Å²) in [5.74, 6) is -2.25. The van der Waals surface area contributed by atoms with Gasteiger partial charge in [0.25, 0.3) is 0 Å². The summed E-state index contributed by atoms with van der Waals surface area (Å²) in [6.07, 6.45) is 75.7. The van der Waals surface area contributed by atoms with Crippen LogP contribution in [0.5, 0.6) is 0 Å². The molecule has 0 aromatic heterocycles. The minimum absolute atomic E-state index is 0.0746. The number of aliphatic hydroxyl groups excluding tert-OH is 1. The number of ether oxygens (including phenoxy) is 4. The quantitative estimate of drug-likeness (QED) is 0.0169. The lowest BCUT2D eigenvalue weighted by atomic mass is 10.1. The van der Waals surface area contributed by atoms with Crippen LogP contribution in [0.25, 0.3) is 0 Å². The van der Waals surface area contributed by atoms with Crippen LogP contribution in [0.1, 0.15) is 349 Å². The predicted octanol–water partition coefficient (Wildman–Crippen LogP) is 23.0. The van der Waals surface area contributed by atoms with Gasteiger partial charge in [-0.1, -0.05) is 267 Å². The third-order valence-corrected chi connectivity index (χ3v) is 18.7. The van der Waals surface area contributed by atoms with Gasteiger partial charge in [-0.3, -0.25) is 37.3 Å². The zero-order valence-corrected chi connectivity index (χ0v) is 65.2. The van der Waals surface area contributed by atoms with E-state index < -0.39 is 97.5 Å². The van der Waals surface area contributed by atoms with E-state index in [2.05, 4.69) is 101 Å². The Morgan fingerprint density at radius 3 is 0.830 bits per heavy atom. The normalized spacial score (nSPS) is 14.3. The van der Waals surface area contributed by atoms with Crippen LogP contribution in [0.4, 0.5) is 0 Å². The van der Waals surface area contributed by atoms with E-state index in [1.54, 1.807) is 0 Å². The van der Waals surface area contributed by atoms with Crippen molar-refractivity contribution < 1.29 is 80.2 Å². The Kier molecular flexibility index (Phi) is 70.8. The highest BCUT2D eigenvalue weighted by Crippen LogP contribution is 2.45. The van der Waals surface area contributed by atoms with E-state index in [0.29, 0.717) is 32.1 Å². The molecule has 100 heavy (non-hydrogen) atoms. The Bertz CT molecular complexity index is 2230. The first-order valence-corrected chi connectivity index (χ1v) is 42.8. The first-order chi connectivity index (χ1) is 48.7. The van der Waals surface area contributed by atoms with Crippen molar-refractivity contribution in [2.45, 2.75) is 367 Å². The monoisotopic (exact) mass is 1450 g/mol. The Balaban J connectivity index is 5.40. The maximum absolute atomic E-state index is 13.1. The lowest BCUT2D eigenvalue weighted by molar-refractivity contribution is -0.161. The molecule has 19 heteroatoms. The molecule has 0 heterocycles. The SMILES string of the molecule is CCCCC/C=C\C/C=C\C/C=C\C/C=C\CCCC(=O)OC[C@H](COP(=O)(O)OC[C@@H](O)COP(=O)(O)OC[C@@H](COC(=O)CCCCCCC/C=C\CCCCCC)OC(=O)CCCCCCC/C=C\CCCCCCCC)OC(=O)CCCCCCC/C=C\CCCCCCCC. The highest BCUT2D eigenvalue weighted by Gasteiger charge is 2.30. The summed E-state index contributed by atoms with van der Waals surface area (Å²) in [5, 5.41) is 10.6. The van der Waals surface area contributed by atoms with Crippen molar-refractivity contribution in [1.82, 2.24) is 0 Å². The number of rotatable bonds is 75. The molecule has 0 aromatic carbocycles. The second kappa shape index (κ2) is 73.5. The van der Waals surface area contributed by atoms with Crippen molar-refractivity contribution in [3.8, 4) is 0 Å². The molecule has 0 amide bonds. The zero-order valence-electron chi connectivity index (χ0n) is 63.4. The lowest BCUT2D eigenvalue weighted by Crippen LogP contribution is -2.30. The van der Waals surface area contributed by atoms with E-state index >= 15 is 0 Å². The van der Waals surface area contributed by atoms with Crippen LogP contribution in [0, 0.1) is 0 Å². The number of allylic oxidation sites excluding steroid dienone is 14. The number of phosphoric acid groups is 2. The minimum atomic E-state index is -4.99. The molecule has 0 aliphatic carbocycles. The molecule has 0 aliphatic heterocycles. The maximum Gasteiger partial charge on any atom is 0.472 e. The number of aliphatic hydroxyl groups is 1. The van der Waals surface area contributed by atoms with Crippen LogP contribution in [0.3, 0.4) is 0 Å². The number of esters is 4. The number of carbonyl (C=O) groups is 4. The average Bonchev–Trinajstić information content (AvgIpc) is 0.945. The zero-order chi connectivity index (χ0) is 73.2. The highest BCUT2D eigenvalue weighted by atomic mass is 31.2. The third-order valence-electron chi connectivity index (χ3n) is 16.8. The standard InChI is InChI=1S/C81H144O17P2/c1-5-9-13-17-21-25-29-33-36-37-40-42-46-50-54-58-62-66-79(84)92-72-77(98-81(86)68-64-60-56-52-48-44-39-35-31-27-23-19-15-11-7-3)74-96-100(89,90)94-70-75(82)69-93-99(87,88)95-73-76(71-91-78(83)65-61-57-53-49-45-41-32-28-24-20-16-12-8-4)97-80(85)67-63-59-55-51-47-43-38-34-30-26-22-18-14-10-6-2/h21,25,28,32-36,38-40,42,50,54,75-77,82H,5-20,22-24,26-27,29-31,37,41,43-49,51-53,55-74H2,1-4H3,(H,87,88)(H,89,90)/b25-21-,32-28-,36-33-,38-34-,39-35-,42-40-,54-50-/t75-,76+,77+/m0/s1. The second-order valence-corrected chi connectivity index (χ2v) is 29.5. The predicted molar refractivity (Wildman–Crippen MR) is 409 cm³/mol. The van der Waals surface area contributed by atoms with Gasteiger partial charge in [-0.25, -0.2) is 9.13 Å². The van der Waals surface area contributed by atoms with E-state index in [1.165, 1.54) is 122 Å². The molecule has 5 atom stereocenters. The molecule has 0 saturated carbocycles. The van der Waals surface area contributed by atoms with Crippen LogP contribution in [-0.2, 0) is 65.4 Å². The van der Waals surface area contributed by atoms with Crippen LogP contribution in [-0.4, -0.2) is 96.7 Å². The maximum atomic E-state index is 13.1. The van der Waals surface area contributed by atoms with Crippen LogP contribution in [0.2, 0.25) is 0 Å². The fourth-order valence-corrected chi connectivity index (χ4v) is 12.2. The summed E-state index contributed by atoms with van der Waals surface area (Å²) in [5.41, 5.74) is 0. The number of phosphoric ester groups is 2. The van der Waals surface area contributed by atoms with Crippen LogP contribution in [0.15, 0.2) is 85.1 Å². The van der Waals surface area contributed by atoms with Gasteiger partial charge in [0.1, 0.15) is 19.3 Å². The van der Waals surface area contributed by atoms with E-state index in [-0.39, 0.29) is 25.7 Å². The van der Waals surface area contributed by atoms with Crippen molar-refractivity contribution >= 4 is 39.5 Å². The molecular formula is C81H144O17P2. The number of hydrogen-bond acceptors (Lipinski definition) is 15. The molecule has 0 aromatic rings. The van der Waals surface area contributed by atoms with Gasteiger partial charge in [0.2, 0.25) is 0 Å². The van der Waals surface area contributed by atoms with Crippen molar-refractivity contribution in [3.63, 3.8) is 0 Å². The average molecular weight is 1450 g/mol. The van der Waals surface area contributed by atoms with E-state index in [9.17, 15) is 43.2 Å². The molecule has 2 unspecified atom stereocenters. The van der Waals surface area contributed by atoms with Gasteiger partial charge in [0, 0.05) is 25.7 Å². The summed E-state index contributed by atoms with van der Waals surface area (Å²) in [6.45, 7) is 4.77. The second-order valence-electron chi connectivity index (χ2n) is 26.6. The van der Waals surface area contributed by atoms with Crippen molar-refractivity contribution in [1.29, 1.82) is 0 Å². The largest absolute Gasteiger partial charge is 0.472 e. The molecule has 17 nitrogen and oxygen atoms in total. The molecule has 0 fully saturated rings. The lowest BCUT2D eigenvalue weighted by Gasteiger charge is -2.21. The first-order valence-electron chi connectivity index (χ1n) is 39.8. The van der Waals surface area contributed by atoms with E-state index in [4.69, 9.17) is 37.0 Å². The molecule has 0 bridgehead atoms. The van der Waals surface area contributed by atoms with Crippen molar-refractivity contribution in [2.24, 2.45) is 0 Å². The Morgan fingerprint density at radius 1 is 0.280 bits per heavy atom. The fourth-order valence-electron chi connectivity index (χ4n) is 10.7. The van der Waals surface area contributed by atoms with Gasteiger partial charge in [-0.2, -0.15) is 0 Å². The van der Waals surface area contributed by atoms with Crippen molar-refractivity contribution in [2.75, 3.05) is 39.6 Å². The number of carbonyl (C=O) groups excluding carboxylic acids is 4. The third kappa shape index (κ3) is 72.6. The molecule has 580 valence electrons. The number of hydrogen-bond donors (Lipinski definition) is 3. The first kappa shape index (κ1) is 96.2. The summed E-state index contributed by atoms with van der Waals surface area (Å²) in [6, 6.07) is 0. The minimum Gasteiger partial charge on any atom is -0.462 e. The van der Waals surface area contributed by atoms with Gasteiger partial charge in [0.15, 0.2) is 12.2 Å². The molecule has 0 rings (SSSR count). The Morgan fingerprint density at radius 2 is 0.500 bits per heavy atom. The van der Waals surface area contributed by atoms with E-state index in [0.717, 1.165) is 141 Å². The molecular weight excluding hydrogens is 1310 g/mol. The molecule has 0 aliphatic rings. The van der Waals surface area contributed by atoms with Crippen LogP contribution < -0.4 is 0 Å². The molecule has 3 N–H and O–H groups in total. The van der Waals surface area contributed by atoms with Crippen molar-refractivity contribution in [3.05, 3.63) is 85.1 Å². The van der Waals surface area contributed by atoms with Gasteiger partial charge in [0.05, 0.1) is 26.4 Å². The summed E-state index contributed by atoms with van der Waals surface area (Å²) < 4.78 is 68.5. The smallest absolute Gasteiger partial charge is 0.462 e. The molecule has 0 saturated heterocycles. The Hall–Kier alpha value is -3.76.